The highest BCUT2D eigenvalue weighted by molar-refractivity contribution is 14.0. The van der Waals surface area contributed by atoms with Crippen molar-refractivity contribution in [2.75, 3.05) is 20.1 Å². The summed E-state index contributed by atoms with van der Waals surface area (Å²) in [5.74, 6) is 0.684. The summed E-state index contributed by atoms with van der Waals surface area (Å²) >= 11 is 5.79. The third-order valence-electron chi connectivity index (χ3n) is 3.59. The number of amides is 1. The third-order valence-corrected chi connectivity index (χ3v) is 3.82. The van der Waals surface area contributed by atoms with Gasteiger partial charge < -0.3 is 20.7 Å². The number of halogens is 2. The van der Waals surface area contributed by atoms with Gasteiger partial charge in [0.2, 0.25) is 0 Å². The fourth-order valence-electron chi connectivity index (χ4n) is 2.37. The summed E-state index contributed by atoms with van der Waals surface area (Å²) < 4.78 is 5.33. The molecule has 9 heteroatoms. The summed E-state index contributed by atoms with van der Waals surface area (Å²) in [6, 6.07) is 3.69. The molecule has 0 fully saturated rings. The first kappa shape index (κ1) is 26.7. The van der Waals surface area contributed by atoms with Gasteiger partial charge in [0.25, 0.3) is 0 Å². The molecular formula is C19H33ClIN5O2. The Labute approximate surface area is 190 Å². The number of carbonyl (C=O) groups excluding carboxylic acids is 1. The number of rotatable bonds is 8. The zero-order valence-corrected chi connectivity index (χ0v) is 20.4. The van der Waals surface area contributed by atoms with E-state index in [1.54, 1.807) is 19.3 Å². The van der Waals surface area contributed by atoms with Gasteiger partial charge in [0, 0.05) is 32.4 Å². The van der Waals surface area contributed by atoms with Crippen LogP contribution in [-0.4, -0.2) is 48.8 Å². The molecule has 0 aromatic carbocycles. The Kier molecular flexibility index (Phi) is 13.2. The van der Waals surface area contributed by atoms with E-state index in [0.717, 1.165) is 24.8 Å². The molecule has 1 amide bonds. The molecule has 0 saturated carbocycles. The van der Waals surface area contributed by atoms with Gasteiger partial charge in [-0.05, 0) is 45.2 Å². The van der Waals surface area contributed by atoms with Crippen molar-refractivity contribution in [3.05, 3.63) is 29.0 Å². The van der Waals surface area contributed by atoms with Crippen LogP contribution in [0.4, 0.5) is 4.79 Å². The summed E-state index contributed by atoms with van der Waals surface area (Å²) in [4.78, 5) is 20.3. The second-order valence-electron chi connectivity index (χ2n) is 7.25. The van der Waals surface area contributed by atoms with Crippen LogP contribution in [0.2, 0.25) is 5.15 Å². The topological polar surface area (TPSA) is 87.6 Å². The monoisotopic (exact) mass is 525 g/mol. The van der Waals surface area contributed by atoms with Crippen LogP contribution in [0.15, 0.2) is 23.3 Å². The van der Waals surface area contributed by atoms with Crippen molar-refractivity contribution in [2.24, 2.45) is 4.99 Å². The maximum absolute atomic E-state index is 12.0. The minimum atomic E-state index is -0.512. The number of aromatic nitrogens is 1. The Hall–Kier alpha value is -1.29. The molecule has 0 aliphatic carbocycles. The van der Waals surface area contributed by atoms with Gasteiger partial charge in [-0.25, -0.2) is 9.78 Å². The van der Waals surface area contributed by atoms with Crippen molar-refractivity contribution >= 4 is 47.6 Å². The molecule has 28 heavy (non-hydrogen) atoms. The van der Waals surface area contributed by atoms with E-state index in [4.69, 9.17) is 16.3 Å². The number of nitrogens with zero attached hydrogens (tertiary/aromatic N) is 2. The minimum Gasteiger partial charge on any atom is -0.444 e. The van der Waals surface area contributed by atoms with E-state index in [2.05, 4.69) is 32.9 Å². The zero-order chi connectivity index (χ0) is 20.3. The average Bonchev–Trinajstić information content (AvgIpc) is 2.57. The van der Waals surface area contributed by atoms with Gasteiger partial charge >= 0.3 is 6.09 Å². The van der Waals surface area contributed by atoms with E-state index in [9.17, 15) is 4.79 Å². The predicted octanol–water partition coefficient (Wildman–Crippen LogP) is 3.75. The second-order valence-corrected chi connectivity index (χ2v) is 7.64. The van der Waals surface area contributed by atoms with Crippen LogP contribution in [0, 0.1) is 0 Å². The van der Waals surface area contributed by atoms with Gasteiger partial charge in [-0.2, -0.15) is 0 Å². The predicted molar refractivity (Wildman–Crippen MR) is 126 cm³/mol. The molecule has 1 aromatic heterocycles. The SMILES string of the molecule is CCCC(CNC(=NC)NCCc1ccc(Cl)nc1)NC(=O)OC(C)(C)C.I. The molecule has 0 aliphatic rings. The molecule has 1 unspecified atom stereocenters. The molecule has 0 bridgehead atoms. The average molecular weight is 526 g/mol. The molecule has 0 aliphatic heterocycles. The van der Waals surface area contributed by atoms with E-state index in [0.29, 0.717) is 24.2 Å². The zero-order valence-electron chi connectivity index (χ0n) is 17.3. The first-order chi connectivity index (χ1) is 12.7. The quantitative estimate of drug-likeness (QED) is 0.208. The molecule has 1 rings (SSSR count). The Morgan fingerprint density at radius 1 is 1.32 bits per heavy atom. The van der Waals surface area contributed by atoms with E-state index in [-0.39, 0.29) is 30.0 Å². The van der Waals surface area contributed by atoms with Gasteiger partial charge in [0.05, 0.1) is 0 Å². The highest BCUT2D eigenvalue weighted by Crippen LogP contribution is 2.07. The van der Waals surface area contributed by atoms with Gasteiger partial charge in [-0.3, -0.25) is 4.99 Å². The Bertz CT molecular complexity index is 605. The number of pyridine rings is 1. The fraction of sp³-hybridized carbons (Fsp3) is 0.632. The lowest BCUT2D eigenvalue weighted by Gasteiger charge is -2.24. The van der Waals surface area contributed by atoms with Crippen molar-refractivity contribution in [1.82, 2.24) is 20.9 Å². The van der Waals surface area contributed by atoms with Crippen LogP contribution in [0.1, 0.15) is 46.1 Å². The van der Waals surface area contributed by atoms with E-state index < -0.39 is 11.7 Å². The molecular weight excluding hydrogens is 493 g/mol. The van der Waals surface area contributed by atoms with Gasteiger partial charge in [0.1, 0.15) is 10.8 Å². The summed E-state index contributed by atoms with van der Waals surface area (Å²) in [6.45, 7) is 8.90. The number of aliphatic imine (C=N–C) groups is 1. The van der Waals surface area contributed by atoms with Crippen molar-refractivity contribution in [1.29, 1.82) is 0 Å². The second kappa shape index (κ2) is 13.8. The van der Waals surface area contributed by atoms with Crippen LogP contribution in [0.25, 0.3) is 0 Å². The van der Waals surface area contributed by atoms with Crippen LogP contribution >= 0.6 is 35.6 Å². The summed E-state index contributed by atoms with van der Waals surface area (Å²) in [5.41, 5.74) is 0.584. The fourth-order valence-corrected chi connectivity index (χ4v) is 2.48. The first-order valence-corrected chi connectivity index (χ1v) is 9.65. The lowest BCUT2D eigenvalue weighted by Crippen LogP contribution is -2.48. The normalized spacial score (nSPS) is 12.6. The molecule has 0 spiro atoms. The minimum absolute atomic E-state index is 0. The van der Waals surface area contributed by atoms with Gasteiger partial charge in [-0.15, -0.1) is 24.0 Å². The number of nitrogens with one attached hydrogen (secondary N) is 3. The van der Waals surface area contributed by atoms with Gasteiger partial charge in [-0.1, -0.05) is 31.0 Å². The highest BCUT2D eigenvalue weighted by Gasteiger charge is 2.19. The third kappa shape index (κ3) is 12.2. The molecule has 1 heterocycles. The van der Waals surface area contributed by atoms with Crippen LogP contribution < -0.4 is 16.0 Å². The molecule has 0 saturated heterocycles. The molecule has 0 radical (unpaired) electrons. The lowest BCUT2D eigenvalue weighted by molar-refractivity contribution is 0.0502. The summed E-state index contributed by atoms with van der Waals surface area (Å²) in [5, 5.41) is 9.91. The van der Waals surface area contributed by atoms with E-state index in [1.807, 2.05) is 26.8 Å². The highest BCUT2D eigenvalue weighted by atomic mass is 127. The molecule has 160 valence electrons. The van der Waals surface area contributed by atoms with Crippen molar-refractivity contribution in [3.8, 4) is 0 Å². The van der Waals surface area contributed by atoms with Crippen molar-refractivity contribution < 1.29 is 9.53 Å². The number of carbonyl (C=O) groups is 1. The number of hydrogen-bond donors (Lipinski definition) is 3. The number of hydrogen-bond acceptors (Lipinski definition) is 4. The van der Waals surface area contributed by atoms with E-state index >= 15 is 0 Å². The standard InChI is InChI=1S/C19H32ClN5O2.HI/c1-6-7-15(25-18(26)27-19(2,3)4)13-24-17(21-5)22-11-10-14-8-9-16(20)23-12-14;/h8-9,12,15H,6-7,10-11,13H2,1-5H3,(H,25,26)(H2,21,22,24);1H. The Morgan fingerprint density at radius 2 is 2.04 bits per heavy atom. The van der Waals surface area contributed by atoms with Crippen molar-refractivity contribution in [2.45, 2.75) is 58.6 Å². The largest absolute Gasteiger partial charge is 0.444 e. The smallest absolute Gasteiger partial charge is 0.407 e. The number of guanidine groups is 1. The molecule has 3 N–H and O–H groups in total. The molecule has 1 atom stereocenters. The Balaban J connectivity index is 0.00000729. The van der Waals surface area contributed by atoms with Crippen LogP contribution in [0.5, 0.6) is 0 Å². The van der Waals surface area contributed by atoms with Crippen LogP contribution in [-0.2, 0) is 11.2 Å². The van der Waals surface area contributed by atoms with E-state index in [1.165, 1.54) is 0 Å². The maximum Gasteiger partial charge on any atom is 0.407 e. The van der Waals surface area contributed by atoms with Crippen LogP contribution in [0.3, 0.4) is 0 Å². The summed E-state index contributed by atoms with van der Waals surface area (Å²) in [6.07, 6.45) is 3.97. The Morgan fingerprint density at radius 3 is 2.57 bits per heavy atom. The summed E-state index contributed by atoms with van der Waals surface area (Å²) in [7, 11) is 1.72. The first-order valence-electron chi connectivity index (χ1n) is 9.28. The van der Waals surface area contributed by atoms with Gasteiger partial charge in [0.15, 0.2) is 5.96 Å². The maximum atomic E-state index is 12.0. The number of alkyl carbamates (subject to hydrolysis) is 1. The molecule has 7 nitrogen and oxygen atoms in total. The molecule has 1 aromatic rings. The lowest BCUT2D eigenvalue weighted by atomic mass is 10.1. The van der Waals surface area contributed by atoms with Crippen molar-refractivity contribution in [3.63, 3.8) is 0 Å². The number of ether oxygens (including phenoxy) is 1.